The first kappa shape index (κ1) is 9.72. The van der Waals surface area contributed by atoms with E-state index in [4.69, 9.17) is 0 Å². The second-order valence-electron chi connectivity index (χ2n) is 3.93. The number of carbonyl (C=O) groups is 1. The van der Waals surface area contributed by atoms with E-state index in [9.17, 15) is 4.79 Å². The Hall–Kier alpha value is -1.49. The summed E-state index contributed by atoms with van der Waals surface area (Å²) in [7, 11) is 0. The minimum absolute atomic E-state index is 0.251. The van der Waals surface area contributed by atoms with Crippen LogP contribution in [0.3, 0.4) is 0 Å². The van der Waals surface area contributed by atoms with E-state index in [0.29, 0.717) is 6.42 Å². The fourth-order valence-corrected chi connectivity index (χ4v) is 2.78. The number of carbonyl (C=O) groups excluding carboxylic acids is 1. The lowest BCUT2D eigenvalue weighted by molar-refractivity contribution is 0.0972. The zero-order valence-corrected chi connectivity index (χ0v) is 9.75. The maximum Gasteiger partial charge on any atom is 0.216 e. The molecule has 0 radical (unpaired) electrons. The van der Waals surface area contributed by atoms with Crippen LogP contribution < -0.4 is 0 Å². The van der Waals surface area contributed by atoms with Gasteiger partial charge in [-0.2, -0.15) is 0 Å². The van der Waals surface area contributed by atoms with Gasteiger partial charge in [0.2, 0.25) is 5.13 Å². The number of ketones is 1. The van der Waals surface area contributed by atoms with E-state index >= 15 is 0 Å². The van der Waals surface area contributed by atoms with Crippen molar-refractivity contribution in [1.29, 1.82) is 0 Å². The van der Waals surface area contributed by atoms with Crippen molar-refractivity contribution in [2.24, 2.45) is 0 Å². The largest absolute Gasteiger partial charge is 0.295 e. The molecule has 0 N–H and O–H groups in total. The molecule has 1 aliphatic carbocycles. The first-order valence-corrected chi connectivity index (χ1v) is 6.11. The lowest BCUT2D eigenvalue weighted by Gasteiger charge is -2.12. The van der Waals surface area contributed by atoms with E-state index in [-0.39, 0.29) is 5.78 Å². The molecule has 1 aliphatic rings. The molecule has 0 atom stereocenters. The fraction of sp³-hybridized carbons (Fsp3) is 0.364. The van der Waals surface area contributed by atoms with Gasteiger partial charge >= 0.3 is 0 Å². The number of nitrogens with zero attached hydrogens (tertiary/aromatic N) is 3. The highest BCUT2D eigenvalue weighted by Gasteiger charge is 2.21. The van der Waals surface area contributed by atoms with Crippen LogP contribution in [0.2, 0.25) is 0 Å². The number of Topliss-reactive ketones (excluding diaryl/α,β-unsaturated/α-hetero) is 1. The monoisotopic (exact) mass is 233 g/mol. The Morgan fingerprint density at radius 3 is 3.00 bits per heavy atom. The molecule has 2 aromatic rings. The van der Waals surface area contributed by atoms with E-state index in [1.807, 2.05) is 23.8 Å². The van der Waals surface area contributed by atoms with Crippen LogP contribution in [-0.4, -0.2) is 20.5 Å². The zero-order chi connectivity index (χ0) is 11.1. The van der Waals surface area contributed by atoms with Gasteiger partial charge < -0.3 is 0 Å². The van der Waals surface area contributed by atoms with E-state index in [1.54, 1.807) is 11.3 Å². The Kier molecular flexibility index (Phi) is 2.14. The van der Waals surface area contributed by atoms with Gasteiger partial charge in [-0.05, 0) is 25.8 Å². The summed E-state index contributed by atoms with van der Waals surface area (Å²) in [6.07, 6.45) is 4.49. The summed E-state index contributed by atoms with van der Waals surface area (Å²) in [4.78, 5) is 11.7. The average molecular weight is 233 g/mol. The SMILES string of the molecule is Cc1nnc(-n2ccc3c2CCCC3=O)s1. The third-order valence-electron chi connectivity index (χ3n) is 2.83. The van der Waals surface area contributed by atoms with E-state index < -0.39 is 0 Å². The topological polar surface area (TPSA) is 47.8 Å². The molecule has 2 aromatic heterocycles. The molecular formula is C11H11N3OS. The maximum absolute atomic E-state index is 11.7. The molecule has 5 heteroatoms. The molecule has 4 nitrogen and oxygen atoms in total. The summed E-state index contributed by atoms with van der Waals surface area (Å²) in [6, 6.07) is 1.90. The molecule has 0 aromatic carbocycles. The van der Waals surface area contributed by atoms with Crippen LogP contribution in [0.1, 0.15) is 33.9 Å². The lowest BCUT2D eigenvalue weighted by atomic mass is 9.97. The van der Waals surface area contributed by atoms with Crippen LogP contribution in [0, 0.1) is 6.92 Å². The van der Waals surface area contributed by atoms with Crippen molar-refractivity contribution in [2.45, 2.75) is 26.2 Å². The van der Waals surface area contributed by atoms with Crippen LogP contribution in [-0.2, 0) is 6.42 Å². The summed E-state index contributed by atoms with van der Waals surface area (Å²) in [6.45, 7) is 1.93. The highest BCUT2D eigenvalue weighted by molar-refractivity contribution is 7.13. The Balaban J connectivity index is 2.12. The maximum atomic E-state index is 11.7. The van der Waals surface area contributed by atoms with Gasteiger partial charge in [0.25, 0.3) is 0 Å². The molecule has 0 aliphatic heterocycles. The highest BCUT2D eigenvalue weighted by Crippen LogP contribution is 2.26. The first-order chi connectivity index (χ1) is 7.75. The summed E-state index contributed by atoms with van der Waals surface area (Å²) in [5.41, 5.74) is 1.95. The van der Waals surface area contributed by atoms with Crippen molar-refractivity contribution < 1.29 is 4.79 Å². The second-order valence-corrected chi connectivity index (χ2v) is 5.09. The van der Waals surface area contributed by atoms with E-state index in [2.05, 4.69) is 10.2 Å². The van der Waals surface area contributed by atoms with Crippen molar-refractivity contribution >= 4 is 17.1 Å². The Bertz CT molecular complexity index is 555. The Morgan fingerprint density at radius 1 is 1.38 bits per heavy atom. The molecule has 2 heterocycles. The van der Waals surface area contributed by atoms with Crippen molar-refractivity contribution in [1.82, 2.24) is 14.8 Å². The molecule has 0 saturated heterocycles. The highest BCUT2D eigenvalue weighted by atomic mass is 32.1. The lowest BCUT2D eigenvalue weighted by Crippen LogP contribution is -2.12. The van der Waals surface area contributed by atoms with Gasteiger partial charge in [-0.3, -0.25) is 9.36 Å². The molecule has 0 unspecified atom stereocenters. The summed E-state index contributed by atoms with van der Waals surface area (Å²) < 4.78 is 2.00. The third kappa shape index (κ3) is 1.39. The predicted octanol–water partition coefficient (Wildman–Crippen LogP) is 2.16. The molecule has 0 fully saturated rings. The van der Waals surface area contributed by atoms with Crippen molar-refractivity contribution in [3.63, 3.8) is 0 Å². The molecule has 82 valence electrons. The van der Waals surface area contributed by atoms with Crippen LogP contribution in [0.5, 0.6) is 0 Å². The smallest absolute Gasteiger partial charge is 0.216 e. The summed E-state index contributed by atoms with van der Waals surface area (Å²) >= 11 is 1.55. The number of rotatable bonds is 1. The third-order valence-corrected chi connectivity index (χ3v) is 3.67. The predicted molar refractivity (Wildman–Crippen MR) is 61.2 cm³/mol. The summed E-state index contributed by atoms with van der Waals surface area (Å²) in [5.74, 6) is 0.251. The van der Waals surface area contributed by atoms with Crippen LogP contribution in [0.25, 0.3) is 5.13 Å². The van der Waals surface area contributed by atoms with Crippen molar-refractivity contribution in [3.8, 4) is 5.13 Å². The molecular weight excluding hydrogens is 222 g/mol. The second kappa shape index (κ2) is 3.52. The van der Waals surface area contributed by atoms with Crippen LogP contribution >= 0.6 is 11.3 Å². The van der Waals surface area contributed by atoms with E-state index in [1.165, 1.54) is 0 Å². The van der Waals surface area contributed by atoms with E-state index in [0.717, 1.165) is 34.2 Å². The Labute approximate surface area is 96.9 Å². The van der Waals surface area contributed by atoms with Gasteiger partial charge in [-0.25, -0.2) is 0 Å². The van der Waals surface area contributed by atoms with Gasteiger partial charge in [0, 0.05) is 23.9 Å². The van der Waals surface area contributed by atoms with Crippen LogP contribution in [0.15, 0.2) is 12.3 Å². The van der Waals surface area contributed by atoms with Crippen molar-refractivity contribution in [3.05, 3.63) is 28.5 Å². The van der Waals surface area contributed by atoms with Gasteiger partial charge in [0.15, 0.2) is 5.78 Å². The average Bonchev–Trinajstić information content (AvgIpc) is 2.84. The van der Waals surface area contributed by atoms with Gasteiger partial charge in [-0.1, -0.05) is 11.3 Å². The van der Waals surface area contributed by atoms with Gasteiger partial charge in [0.05, 0.1) is 0 Å². The Morgan fingerprint density at radius 2 is 2.25 bits per heavy atom. The quantitative estimate of drug-likeness (QED) is 0.758. The minimum atomic E-state index is 0.251. The minimum Gasteiger partial charge on any atom is -0.295 e. The molecule has 3 rings (SSSR count). The number of fused-ring (bicyclic) bond motifs is 1. The molecule has 0 saturated carbocycles. The van der Waals surface area contributed by atoms with Gasteiger partial charge in [-0.15, -0.1) is 10.2 Å². The van der Waals surface area contributed by atoms with Crippen LogP contribution in [0.4, 0.5) is 0 Å². The zero-order valence-electron chi connectivity index (χ0n) is 8.93. The molecule has 0 bridgehead atoms. The standard InChI is InChI=1S/C11H11N3OS/c1-7-12-13-11(16-7)14-6-5-8-9(14)3-2-4-10(8)15/h5-6H,2-4H2,1H3. The first-order valence-electron chi connectivity index (χ1n) is 5.29. The normalized spacial score (nSPS) is 15.2. The number of hydrogen-bond acceptors (Lipinski definition) is 4. The summed E-state index contributed by atoms with van der Waals surface area (Å²) in [5, 5.41) is 9.91. The van der Waals surface area contributed by atoms with Crippen molar-refractivity contribution in [2.75, 3.05) is 0 Å². The molecule has 0 amide bonds. The molecule has 16 heavy (non-hydrogen) atoms. The van der Waals surface area contributed by atoms with Gasteiger partial charge in [0.1, 0.15) is 5.01 Å². The number of hydrogen-bond donors (Lipinski definition) is 0. The number of aromatic nitrogens is 3. The molecule has 0 spiro atoms. The fourth-order valence-electron chi connectivity index (χ4n) is 2.09. The number of aryl methyl sites for hydroxylation is 1.